The fourth-order valence-corrected chi connectivity index (χ4v) is 4.34. The number of aromatic nitrogens is 3. The molecule has 2 aliphatic rings. The van der Waals surface area contributed by atoms with Crippen LogP contribution in [0.3, 0.4) is 0 Å². The van der Waals surface area contributed by atoms with E-state index >= 15 is 0 Å². The molecule has 3 aromatic heterocycles. The van der Waals surface area contributed by atoms with Crippen LogP contribution in [0.1, 0.15) is 5.56 Å². The van der Waals surface area contributed by atoms with Gasteiger partial charge < -0.3 is 14.4 Å². The number of pyridine rings is 3. The van der Waals surface area contributed by atoms with Crippen molar-refractivity contribution in [2.45, 2.75) is 12.3 Å². The Kier molecular flexibility index (Phi) is 6.05. The van der Waals surface area contributed by atoms with Gasteiger partial charge in [-0.15, -0.1) is 0 Å². The monoisotopic (exact) mass is 488 g/mol. The van der Waals surface area contributed by atoms with Crippen molar-refractivity contribution in [1.82, 2.24) is 19.9 Å². The lowest BCUT2D eigenvalue weighted by Gasteiger charge is -2.36. The molecule has 0 unspecified atom stereocenters. The van der Waals surface area contributed by atoms with Gasteiger partial charge in [0.1, 0.15) is 17.4 Å². The maximum absolute atomic E-state index is 12.8. The van der Waals surface area contributed by atoms with Gasteiger partial charge in [-0.2, -0.15) is 13.2 Å². The maximum atomic E-state index is 12.8. The first-order chi connectivity index (χ1) is 16.8. The number of ether oxygens (including phenoxy) is 2. The SMILES string of the molecule is COc1ccc2nccc(N3CCN(C[C@@H]4CN(c5ccc(C(F)(F)F)cn5)C(=O)O4)CC3)c2n1. The Labute approximate surface area is 199 Å². The fourth-order valence-electron chi connectivity index (χ4n) is 4.34. The Morgan fingerprint density at radius 2 is 1.89 bits per heavy atom. The number of rotatable bonds is 5. The summed E-state index contributed by atoms with van der Waals surface area (Å²) in [5.41, 5.74) is 1.70. The van der Waals surface area contributed by atoms with E-state index in [1.807, 2.05) is 12.1 Å². The van der Waals surface area contributed by atoms with E-state index in [0.29, 0.717) is 12.4 Å². The summed E-state index contributed by atoms with van der Waals surface area (Å²) in [7, 11) is 1.58. The van der Waals surface area contributed by atoms with Crippen molar-refractivity contribution in [2.75, 3.05) is 56.2 Å². The number of hydrogen-bond acceptors (Lipinski definition) is 8. The van der Waals surface area contributed by atoms with Gasteiger partial charge in [0.25, 0.3) is 0 Å². The second-order valence-corrected chi connectivity index (χ2v) is 8.36. The summed E-state index contributed by atoms with van der Waals surface area (Å²) in [6, 6.07) is 7.71. The molecular formula is C23H23F3N6O3. The lowest BCUT2D eigenvalue weighted by molar-refractivity contribution is -0.137. The molecule has 1 amide bonds. The third-order valence-electron chi connectivity index (χ3n) is 6.15. The van der Waals surface area contributed by atoms with Crippen LogP contribution in [0.4, 0.5) is 29.5 Å². The molecule has 5 heterocycles. The largest absolute Gasteiger partial charge is 0.481 e. The van der Waals surface area contributed by atoms with E-state index < -0.39 is 23.9 Å². The molecular weight excluding hydrogens is 465 g/mol. The second-order valence-electron chi connectivity index (χ2n) is 8.36. The van der Waals surface area contributed by atoms with Crippen LogP contribution in [0, 0.1) is 0 Å². The van der Waals surface area contributed by atoms with E-state index in [9.17, 15) is 18.0 Å². The van der Waals surface area contributed by atoms with Crippen LogP contribution in [0.2, 0.25) is 0 Å². The summed E-state index contributed by atoms with van der Waals surface area (Å²) in [6.45, 7) is 3.77. The number of methoxy groups -OCH3 is 1. The lowest BCUT2D eigenvalue weighted by atomic mass is 10.2. The summed E-state index contributed by atoms with van der Waals surface area (Å²) in [6.07, 6.45) is -3.00. The van der Waals surface area contributed by atoms with Crippen LogP contribution in [-0.2, 0) is 10.9 Å². The van der Waals surface area contributed by atoms with Gasteiger partial charge in [0.05, 0.1) is 30.4 Å². The molecule has 0 saturated carbocycles. The van der Waals surface area contributed by atoms with Gasteiger partial charge >= 0.3 is 12.3 Å². The molecule has 3 aromatic rings. The molecule has 0 aliphatic carbocycles. The van der Waals surface area contributed by atoms with Gasteiger partial charge in [0.2, 0.25) is 5.88 Å². The molecule has 0 bridgehead atoms. The van der Waals surface area contributed by atoms with Gasteiger partial charge in [-0.25, -0.2) is 14.8 Å². The first-order valence-electron chi connectivity index (χ1n) is 11.1. The Bertz CT molecular complexity index is 1220. The number of halogens is 3. The smallest absolute Gasteiger partial charge is 0.417 e. The lowest BCUT2D eigenvalue weighted by Crippen LogP contribution is -2.49. The maximum Gasteiger partial charge on any atom is 0.417 e. The van der Waals surface area contributed by atoms with Crippen LogP contribution in [0.15, 0.2) is 42.7 Å². The molecule has 2 fully saturated rings. The van der Waals surface area contributed by atoms with Crippen molar-refractivity contribution in [1.29, 1.82) is 0 Å². The van der Waals surface area contributed by atoms with Crippen LogP contribution in [0.25, 0.3) is 11.0 Å². The Balaban J connectivity index is 1.19. The highest BCUT2D eigenvalue weighted by Crippen LogP contribution is 2.30. The minimum absolute atomic E-state index is 0.141. The number of nitrogens with zero attached hydrogens (tertiary/aromatic N) is 6. The van der Waals surface area contributed by atoms with E-state index in [4.69, 9.17) is 9.47 Å². The highest BCUT2D eigenvalue weighted by Gasteiger charge is 2.36. The van der Waals surface area contributed by atoms with Gasteiger partial charge in [-0.3, -0.25) is 14.8 Å². The summed E-state index contributed by atoms with van der Waals surface area (Å²) in [5, 5.41) is 0. The third-order valence-corrected chi connectivity index (χ3v) is 6.15. The number of piperazine rings is 1. The number of cyclic esters (lactones) is 1. The number of carbonyl (C=O) groups is 1. The summed E-state index contributed by atoms with van der Waals surface area (Å²) < 4.78 is 49.1. The normalized spacial score (nSPS) is 19.3. The number of alkyl halides is 3. The average molecular weight is 488 g/mol. The number of fused-ring (bicyclic) bond motifs is 1. The Hall–Kier alpha value is -3.67. The van der Waals surface area contributed by atoms with Crippen LogP contribution in [-0.4, -0.2) is 78.4 Å². The van der Waals surface area contributed by atoms with Crippen molar-refractivity contribution in [2.24, 2.45) is 0 Å². The number of carbonyl (C=O) groups excluding carboxylic acids is 1. The molecule has 12 heteroatoms. The van der Waals surface area contributed by atoms with Crippen LogP contribution in [0.5, 0.6) is 5.88 Å². The third kappa shape index (κ3) is 4.78. The molecule has 184 valence electrons. The van der Waals surface area contributed by atoms with Crippen LogP contribution >= 0.6 is 0 Å². The predicted molar refractivity (Wildman–Crippen MR) is 122 cm³/mol. The molecule has 0 radical (unpaired) electrons. The molecule has 35 heavy (non-hydrogen) atoms. The number of hydrogen-bond donors (Lipinski definition) is 0. The van der Waals surface area contributed by atoms with Crippen molar-refractivity contribution in [3.63, 3.8) is 0 Å². The first-order valence-corrected chi connectivity index (χ1v) is 11.1. The molecule has 2 saturated heterocycles. The van der Waals surface area contributed by atoms with Crippen LogP contribution < -0.4 is 14.5 Å². The van der Waals surface area contributed by atoms with Gasteiger partial charge in [0, 0.05) is 51.2 Å². The van der Waals surface area contributed by atoms with Gasteiger partial charge in [-0.05, 0) is 24.3 Å². The standard InChI is InChI=1S/C23H23F3N6O3/c1-34-20-5-3-17-21(29-20)18(6-7-27-17)31-10-8-30(9-11-31)13-16-14-32(22(33)35-16)19-4-2-15(12-28-19)23(24,25)26/h2-7,12,16H,8-11,13-14H2,1H3/t16-/m1/s1. The average Bonchev–Trinajstić information content (AvgIpc) is 3.23. The first kappa shape index (κ1) is 23.1. The Morgan fingerprint density at radius 1 is 1.09 bits per heavy atom. The molecule has 1 atom stereocenters. The van der Waals surface area contributed by atoms with Crippen molar-refractivity contribution >= 4 is 28.6 Å². The topological polar surface area (TPSA) is 83.9 Å². The zero-order chi connectivity index (χ0) is 24.6. The fraction of sp³-hybridized carbons (Fsp3) is 0.391. The van der Waals surface area contributed by atoms with Gasteiger partial charge in [0.15, 0.2) is 0 Å². The quantitative estimate of drug-likeness (QED) is 0.542. The molecule has 0 spiro atoms. The molecule has 2 aliphatic heterocycles. The van der Waals surface area contributed by atoms with Crippen molar-refractivity contribution in [3.8, 4) is 5.88 Å². The predicted octanol–water partition coefficient (Wildman–Crippen LogP) is 3.20. The van der Waals surface area contributed by atoms with Crippen molar-refractivity contribution in [3.05, 3.63) is 48.3 Å². The summed E-state index contributed by atoms with van der Waals surface area (Å²) >= 11 is 0. The zero-order valence-corrected chi connectivity index (χ0v) is 18.9. The highest BCUT2D eigenvalue weighted by molar-refractivity contribution is 5.89. The van der Waals surface area contributed by atoms with E-state index in [2.05, 4.69) is 24.8 Å². The Morgan fingerprint density at radius 3 is 2.57 bits per heavy atom. The van der Waals surface area contributed by atoms with E-state index in [1.165, 1.54) is 11.0 Å². The van der Waals surface area contributed by atoms with E-state index in [0.717, 1.165) is 55.2 Å². The highest BCUT2D eigenvalue weighted by atomic mass is 19.4. The summed E-state index contributed by atoms with van der Waals surface area (Å²) in [5.74, 6) is 0.670. The van der Waals surface area contributed by atoms with E-state index in [1.54, 1.807) is 19.4 Å². The molecule has 0 aromatic carbocycles. The molecule has 5 rings (SSSR count). The second kappa shape index (κ2) is 9.17. The minimum Gasteiger partial charge on any atom is -0.481 e. The van der Waals surface area contributed by atoms with E-state index in [-0.39, 0.29) is 12.4 Å². The molecule has 9 nitrogen and oxygen atoms in total. The summed E-state index contributed by atoms with van der Waals surface area (Å²) in [4.78, 5) is 30.8. The van der Waals surface area contributed by atoms with Crippen molar-refractivity contribution < 1.29 is 27.4 Å². The zero-order valence-electron chi connectivity index (χ0n) is 18.9. The number of amides is 1. The number of anilines is 2. The van der Waals surface area contributed by atoms with Gasteiger partial charge in [-0.1, -0.05) is 0 Å². The minimum atomic E-state index is -4.48. The molecule has 0 N–H and O–H groups in total.